The van der Waals surface area contributed by atoms with Gasteiger partial charge in [-0.2, -0.15) is 0 Å². The molecule has 0 N–H and O–H groups in total. The maximum atomic E-state index is 13.8. The van der Waals surface area contributed by atoms with Gasteiger partial charge < -0.3 is 0 Å². The topological polar surface area (TPSA) is 124 Å². The molecule has 1 aliphatic heterocycles. The number of imide groups is 1. The molecular formula is C24H15N3O6. The molecule has 0 saturated carbocycles. The lowest BCUT2D eigenvalue weighted by Crippen LogP contribution is -2.57. The molecule has 2 atom stereocenters. The number of nitro benzene ring substituents is 1. The first-order valence-corrected chi connectivity index (χ1v) is 10.3. The Hall–Kier alpha value is -4.40. The summed E-state index contributed by atoms with van der Waals surface area (Å²) in [5, 5.41) is 24.1. The fourth-order valence-electron chi connectivity index (χ4n) is 6.04. The Morgan fingerprint density at radius 1 is 0.788 bits per heavy atom. The van der Waals surface area contributed by atoms with E-state index in [0.29, 0.717) is 22.3 Å². The van der Waals surface area contributed by atoms with Crippen LogP contribution < -0.4 is 4.90 Å². The van der Waals surface area contributed by atoms with E-state index in [-0.39, 0.29) is 11.4 Å². The Balaban J connectivity index is 1.64. The molecule has 0 aromatic heterocycles. The number of amides is 2. The number of benzene rings is 3. The number of rotatable bonds is 3. The third kappa shape index (κ3) is 2.16. The minimum atomic E-state index is -1.92. The van der Waals surface area contributed by atoms with Crippen molar-refractivity contribution in [2.75, 3.05) is 4.90 Å². The van der Waals surface area contributed by atoms with Gasteiger partial charge in [0, 0.05) is 34.1 Å². The van der Waals surface area contributed by atoms with Gasteiger partial charge in [-0.15, -0.1) is 0 Å². The lowest BCUT2D eigenvalue weighted by Gasteiger charge is -2.48. The molecule has 0 spiro atoms. The zero-order chi connectivity index (χ0) is 23.1. The van der Waals surface area contributed by atoms with Crippen LogP contribution in [-0.4, -0.2) is 21.7 Å². The number of carbonyl (C=O) groups is 2. The molecular weight excluding hydrogens is 426 g/mol. The molecule has 4 aliphatic rings. The Morgan fingerprint density at radius 2 is 1.39 bits per heavy atom. The number of nitrogens with zero attached hydrogens (tertiary/aromatic N) is 3. The van der Waals surface area contributed by atoms with E-state index in [1.54, 1.807) is 48.5 Å². The molecule has 3 aromatic rings. The molecule has 3 aromatic carbocycles. The van der Waals surface area contributed by atoms with Crippen molar-refractivity contribution in [2.24, 2.45) is 11.8 Å². The van der Waals surface area contributed by atoms with E-state index in [0.717, 1.165) is 11.0 Å². The summed E-state index contributed by atoms with van der Waals surface area (Å²) in [5.41, 5.74) is 0.00641. The van der Waals surface area contributed by atoms with Gasteiger partial charge in [-0.25, -0.2) is 4.90 Å². The van der Waals surface area contributed by atoms with Gasteiger partial charge in [0.1, 0.15) is 5.92 Å². The van der Waals surface area contributed by atoms with Crippen molar-refractivity contribution in [3.8, 4) is 0 Å². The average molecular weight is 441 g/mol. The molecule has 9 nitrogen and oxygen atoms in total. The highest BCUT2D eigenvalue weighted by atomic mass is 16.6. The van der Waals surface area contributed by atoms with E-state index in [4.69, 9.17) is 0 Å². The number of hydrogen-bond donors (Lipinski definition) is 0. The summed E-state index contributed by atoms with van der Waals surface area (Å²) in [6.45, 7) is 0. The molecule has 1 saturated heterocycles. The van der Waals surface area contributed by atoms with Crippen molar-refractivity contribution in [1.82, 2.24) is 0 Å². The van der Waals surface area contributed by atoms with Crippen LogP contribution in [0.4, 0.5) is 11.4 Å². The van der Waals surface area contributed by atoms with Crippen LogP contribution in [0.25, 0.3) is 0 Å². The largest absolute Gasteiger partial charge is 0.285 e. The van der Waals surface area contributed by atoms with E-state index in [1.807, 2.05) is 0 Å². The van der Waals surface area contributed by atoms with Crippen LogP contribution in [0, 0.1) is 32.1 Å². The third-order valence-electron chi connectivity index (χ3n) is 7.16. The fourth-order valence-corrected chi connectivity index (χ4v) is 6.04. The summed E-state index contributed by atoms with van der Waals surface area (Å²) < 4.78 is 0. The summed E-state index contributed by atoms with van der Waals surface area (Å²) >= 11 is 0. The molecule has 2 amide bonds. The van der Waals surface area contributed by atoms with Gasteiger partial charge in [-0.3, -0.25) is 29.8 Å². The summed E-state index contributed by atoms with van der Waals surface area (Å²) in [6, 6.07) is 19.0. The Labute approximate surface area is 186 Å². The Morgan fingerprint density at radius 3 is 1.97 bits per heavy atom. The average Bonchev–Trinajstić information content (AvgIpc) is 3.09. The van der Waals surface area contributed by atoms with Crippen LogP contribution in [-0.2, 0) is 15.1 Å². The van der Waals surface area contributed by atoms with Crippen LogP contribution in [0.3, 0.4) is 0 Å². The molecule has 3 aliphatic carbocycles. The zero-order valence-corrected chi connectivity index (χ0v) is 17.0. The summed E-state index contributed by atoms with van der Waals surface area (Å²) in [4.78, 5) is 51.5. The van der Waals surface area contributed by atoms with Crippen LogP contribution in [0.2, 0.25) is 0 Å². The fraction of sp³-hybridized carbons (Fsp3) is 0.167. The molecule has 0 radical (unpaired) electrons. The molecule has 0 unspecified atom stereocenters. The van der Waals surface area contributed by atoms with Crippen molar-refractivity contribution in [3.63, 3.8) is 0 Å². The summed E-state index contributed by atoms with van der Waals surface area (Å²) in [6.07, 6.45) is 0. The monoisotopic (exact) mass is 441 g/mol. The molecule has 162 valence electrons. The summed E-state index contributed by atoms with van der Waals surface area (Å²) in [7, 11) is 0. The second-order valence-corrected chi connectivity index (χ2v) is 8.47. The number of carbonyl (C=O) groups excluding carboxylic acids is 2. The van der Waals surface area contributed by atoms with Crippen LogP contribution in [0.5, 0.6) is 0 Å². The van der Waals surface area contributed by atoms with Gasteiger partial charge in [0.15, 0.2) is 0 Å². The third-order valence-corrected chi connectivity index (χ3v) is 7.16. The number of nitro groups is 2. The van der Waals surface area contributed by atoms with Crippen molar-refractivity contribution in [2.45, 2.75) is 11.5 Å². The van der Waals surface area contributed by atoms with Crippen LogP contribution in [0.15, 0.2) is 72.8 Å². The highest BCUT2D eigenvalue weighted by molar-refractivity contribution is 6.23. The smallest absolute Gasteiger partial charge is 0.274 e. The quantitative estimate of drug-likeness (QED) is 0.349. The van der Waals surface area contributed by atoms with Gasteiger partial charge in [0.05, 0.1) is 16.5 Å². The molecule has 33 heavy (non-hydrogen) atoms. The predicted molar refractivity (Wildman–Crippen MR) is 115 cm³/mol. The molecule has 1 fully saturated rings. The number of hydrogen-bond acceptors (Lipinski definition) is 6. The number of anilines is 1. The summed E-state index contributed by atoms with van der Waals surface area (Å²) in [5.74, 6) is -4.05. The lowest BCUT2D eigenvalue weighted by molar-refractivity contribution is -0.578. The minimum Gasteiger partial charge on any atom is -0.274 e. The maximum Gasteiger partial charge on any atom is 0.285 e. The highest BCUT2D eigenvalue weighted by Gasteiger charge is 2.74. The van der Waals surface area contributed by atoms with Crippen molar-refractivity contribution >= 4 is 23.2 Å². The Kier molecular flexibility index (Phi) is 3.69. The van der Waals surface area contributed by atoms with E-state index in [9.17, 15) is 29.8 Å². The van der Waals surface area contributed by atoms with E-state index in [2.05, 4.69) is 0 Å². The van der Waals surface area contributed by atoms with E-state index >= 15 is 0 Å². The Bertz CT molecular complexity index is 1370. The van der Waals surface area contributed by atoms with Crippen LogP contribution in [0.1, 0.15) is 28.2 Å². The van der Waals surface area contributed by atoms with E-state index in [1.165, 1.54) is 18.2 Å². The lowest BCUT2D eigenvalue weighted by atomic mass is 9.51. The first-order chi connectivity index (χ1) is 15.9. The van der Waals surface area contributed by atoms with E-state index < -0.39 is 45.0 Å². The maximum absolute atomic E-state index is 13.8. The molecule has 9 heteroatoms. The van der Waals surface area contributed by atoms with Crippen molar-refractivity contribution in [1.29, 1.82) is 0 Å². The highest BCUT2D eigenvalue weighted by Crippen LogP contribution is 2.64. The van der Waals surface area contributed by atoms with Crippen molar-refractivity contribution in [3.05, 3.63) is 115 Å². The van der Waals surface area contributed by atoms with Gasteiger partial charge in [0.25, 0.3) is 11.2 Å². The zero-order valence-electron chi connectivity index (χ0n) is 17.0. The SMILES string of the molecule is O=C1[C@@H]2C3c4ccccc4C([N+](=O)[O-])(c4ccccc43)[C@H]2C(=O)N1c1cccc([N+](=O)[O-])c1. The second kappa shape index (κ2) is 6.32. The van der Waals surface area contributed by atoms with Gasteiger partial charge in [-0.05, 0) is 17.2 Å². The van der Waals surface area contributed by atoms with Gasteiger partial charge in [0.2, 0.25) is 11.8 Å². The van der Waals surface area contributed by atoms with Crippen LogP contribution >= 0.6 is 0 Å². The minimum absolute atomic E-state index is 0.0413. The van der Waals surface area contributed by atoms with Crippen molar-refractivity contribution < 1.29 is 19.4 Å². The molecule has 2 bridgehead atoms. The van der Waals surface area contributed by atoms with Gasteiger partial charge in [-0.1, -0.05) is 54.6 Å². The number of non-ortho nitro benzene ring substituents is 1. The van der Waals surface area contributed by atoms with Gasteiger partial charge >= 0.3 is 0 Å². The molecule has 7 rings (SSSR count). The predicted octanol–water partition coefficient (Wildman–Crippen LogP) is 3.38. The normalized spacial score (nSPS) is 26.5. The first kappa shape index (κ1) is 19.3. The second-order valence-electron chi connectivity index (χ2n) is 8.47. The first-order valence-electron chi connectivity index (χ1n) is 10.3. The standard InChI is InChI=1S/C24H15N3O6/c28-22-20-19-15-8-1-3-10-17(15)24(27(32)33,18-11-4-2-9-16(18)19)21(20)23(29)25(22)13-6-5-7-14(12-13)26(30)31/h1-12,19-21H/t19?,20-,21-,24?/m1/s1. The molecule has 1 heterocycles.